The van der Waals surface area contributed by atoms with Crippen molar-refractivity contribution in [2.24, 2.45) is 0 Å². The minimum absolute atomic E-state index is 0.729. The quantitative estimate of drug-likeness (QED) is 0.213. The van der Waals surface area contributed by atoms with Gasteiger partial charge in [-0.25, -0.2) is 0 Å². The Bertz CT molecular complexity index is 1980. The minimum Gasteiger partial charge on any atom is -0.464 e. The third kappa shape index (κ3) is 3.71. The molecule has 0 amide bonds. The number of aromatic nitrogens is 4. The number of fused-ring (bicyclic) bond motifs is 5. The lowest BCUT2D eigenvalue weighted by molar-refractivity contribution is 0.619. The van der Waals surface area contributed by atoms with Crippen LogP contribution in [0.3, 0.4) is 0 Å². The van der Waals surface area contributed by atoms with E-state index in [9.17, 15) is 0 Å². The highest BCUT2D eigenvalue weighted by Gasteiger charge is 2.18. The summed E-state index contributed by atoms with van der Waals surface area (Å²) in [5.41, 5.74) is 6.45. The van der Waals surface area contributed by atoms with E-state index < -0.39 is 0 Å². The highest BCUT2D eigenvalue weighted by Crippen LogP contribution is 2.37. The Morgan fingerprint density at radius 2 is 1.21 bits per heavy atom. The van der Waals surface area contributed by atoms with E-state index in [-0.39, 0.29) is 0 Å². The Balaban J connectivity index is 1.34. The number of hydrogen-bond donors (Lipinski definition) is 0. The van der Waals surface area contributed by atoms with Crippen LogP contribution in [0, 0.1) is 0 Å². The van der Waals surface area contributed by atoms with Crippen LogP contribution in [-0.2, 0) is 0 Å². The van der Waals surface area contributed by atoms with Gasteiger partial charge in [-0.3, -0.25) is 4.57 Å². The topological polar surface area (TPSA) is 48.8 Å². The molecule has 3 heterocycles. The van der Waals surface area contributed by atoms with Crippen molar-refractivity contribution in [2.45, 2.75) is 0 Å². The van der Waals surface area contributed by atoms with Crippen LogP contribution < -0.4 is 0 Å². The first-order valence-corrected chi connectivity index (χ1v) is 12.7. The molecule has 0 saturated heterocycles. The van der Waals surface area contributed by atoms with E-state index in [0.717, 1.165) is 66.9 Å². The maximum Gasteiger partial charge on any atom is 0.168 e. The highest BCUT2D eigenvalue weighted by molar-refractivity contribution is 6.20. The fourth-order valence-electron chi connectivity index (χ4n) is 5.23. The van der Waals surface area contributed by atoms with Crippen molar-refractivity contribution in [3.05, 3.63) is 135 Å². The van der Waals surface area contributed by atoms with Crippen LogP contribution in [-0.4, -0.2) is 19.3 Å². The number of hydrogen-bond acceptors (Lipinski definition) is 3. The van der Waals surface area contributed by atoms with Gasteiger partial charge in [-0.1, -0.05) is 92.0 Å². The third-order valence-corrected chi connectivity index (χ3v) is 7.02. The molecule has 0 atom stereocenters. The zero-order valence-electron chi connectivity index (χ0n) is 21.2. The first-order chi connectivity index (χ1) is 19.2. The first-order valence-electron chi connectivity index (χ1n) is 12.7. The molecule has 0 unspecified atom stereocenters. The number of para-hydroxylation sites is 1. The summed E-state index contributed by atoms with van der Waals surface area (Å²) in [6.07, 6.45) is 5.70. The standard InChI is InChI=1S/C34H24N4O/c1-23(37-29-16-10-9-15-28(29)31-30(37)20-19-25-21-22-39-32(25)31)17-18-24(2)38-33(26-11-5-3-6-12-26)35-36-34(38)27-13-7-4-8-14-27/h3-22H,1-2H2/b18-17-. The van der Waals surface area contributed by atoms with Crippen molar-refractivity contribution in [2.75, 3.05) is 0 Å². The van der Waals surface area contributed by atoms with Gasteiger partial charge < -0.3 is 8.98 Å². The molecular formula is C34H24N4O. The Kier molecular flexibility index (Phi) is 5.34. The predicted octanol–water partition coefficient (Wildman–Crippen LogP) is 8.66. The van der Waals surface area contributed by atoms with E-state index in [1.807, 2.05) is 89.5 Å². The Hall–Kier alpha value is -5.42. The average molecular weight is 505 g/mol. The van der Waals surface area contributed by atoms with Crippen LogP contribution in [0.25, 0.3) is 66.9 Å². The fraction of sp³-hybridized carbons (Fsp3) is 0. The SMILES string of the molecule is C=C(/C=C\C(=C)n1c2ccccc2c2c3occc3ccc21)n1c(-c2ccccc2)nnc1-c1ccccc1. The van der Waals surface area contributed by atoms with Crippen molar-refractivity contribution in [1.82, 2.24) is 19.3 Å². The molecule has 0 N–H and O–H groups in total. The van der Waals surface area contributed by atoms with E-state index in [1.165, 1.54) is 0 Å². The van der Waals surface area contributed by atoms with Gasteiger partial charge in [0.15, 0.2) is 11.6 Å². The normalized spacial score (nSPS) is 11.7. The predicted molar refractivity (Wildman–Crippen MR) is 160 cm³/mol. The monoisotopic (exact) mass is 504 g/mol. The summed E-state index contributed by atoms with van der Waals surface area (Å²) in [6.45, 7) is 8.86. The molecule has 3 aromatic heterocycles. The average Bonchev–Trinajstić information content (AvgIpc) is 3.72. The molecule has 7 rings (SSSR count). The van der Waals surface area contributed by atoms with Crippen molar-refractivity contribution in [3.63, 3.8) is 0 Å². The Morgan fingerprint density at radius 3 is 1.87 bits per heavy atom. The number of benzene rings is 4. The van der Waals surface area contributed by atoms with Crippen molar-refractivity contribution in [1.29, 1.82) is 0 Å². The van der Waals surface area contributed by atoms with Gasteiger partial charge in [0.2, 0.25) is 0 Å². The van der Waals surface area contributed by atoms with Crippen molar-refractivity contribution in [3.8, 4) is 22.8 Å². The van der Waals surface area contributed by atoms with Crippen LogP contribution in [0.2, 0.25) is 0 Å². The summed E-state index contributed by atoms with van der Waals surface area (Å²) < 4.78 is 10.1. The molecule has 0 aliphatic carbocycles. The van der Waals surface area contributed by atoms with Gasteiger partial charge in [0.25, 0.3) is 0 Å². The fourth-order valence-corrected chi connectivity index (χ4v) is 5.23. The summed E-state index contributed by atoms with van der Waals surface area (Å²) in [5.74, 6) is 1.46. The number of nitrogens with zero attached hydrogens (tertiary/aromatic N) is 4. The molecule has 39 heavy (non-hydrogen) atoms. The second kappa shape index (κ2) is 9.15. The molecule has 0 saturated carbocycles. The van der Waals surface area contributed by atoms with Gasteiger partial charge in [-0.05, 0) is 36.4 Å². The van der Waals surface area contributed by atoms with Gasteiger partial charge in [-0.2, -0.15) is 0 Å². The Morgan fingerprint density at radius 1 is 0.615 bits per heavy atom. The molecule has 0 radical (unpaired) electrons. The molecule has 0 aliphatic heterocycles. The smallest absolute Gasteiger partial charge is 0.168 e. The summed E-state index contributed by atoms with van der Waals surface area (Å²) in [7, 11) is 0. The molecule has 186 valence electrons. The summed E-state index contributed by atoms with van der Waals surface area (Å²) in [6, 6.07) is 34.6. The maximum absolute atomic E-state index is 5.90. The van der Waals surface area contributed by atoms with Crippen molar-refractivity contribution < 1.29 is 4.42 Å². The van der Waals surface area contributed by atoms with E-state index in [4.69, 9.17) is 4.42 Å². The molecule has 0 fully saturated rings. The molecular weight excluding hydrogens is 480 g/mol. The van der Waals surface area contributed by atoms with Gasteiger partial charge in [-0.15, -0.1) is 10.2 Å². The van der Waals surface area contributed by atoms with Crippen molar-refractivity contribution >= 4 is 44.2 Å². The number of furan rings is 1. The Labute approximate surface area is 225 Å². The zero-order chi connectivity index (χ0) is 26.3. The van der Waals surface area contributed by atoms with E-state index in [0.29, 0.717) is 0 Å². The van der Waals surface area contributed by atoms with Crippen LogP contribution in [0.5, 0.6) is 0 Å². The van der Waals surface area contributed by atoms with Gasteiger partial charge >= 0.3 is 0 Å². The second-order valence-electron chi connectivity index (χ2n) is 9.38. The number of rotatable bonds is 6. The summed E-state index contributed by atoms with van der Waals surface area (Å²) in [4.78, 5) is 0. The van der Waals surface area contributed by atoms with Crippen LogP contribution in [0.1, 0.15) is 0 Å². The summed E-state index contributed by atoms with van der Waals surface area (Å²) in [5, 5.41) is 12.4. The molecule has 4 aromatic carbocycles. The van der Waals surface area contributed by atoms with E-state index in [1.54, 1.807) is 6.26 Å². The molecule has 0 aliphatic rings. The zero-order valence-corrected chi connectivity index (χ0v) is 21.2. The maximum atomic E-state index is 5.90. The van der Waals surface area contributed by atoms with Crippen LogP contribution in [0.4, 0.5) is 0 Å². The molecule has 0 spiro atoms. The van der Waals surface area contributed by atoms with Gasteiger partial charge in [0, 0.05) is 33.3 Å². The third-order valence-electron chi connectivity index (χ3n) is 7.02. The largest absolute Gasteiger partial charge is 0.464 e. The lowest BCUT2D eigenvalue weighted by Crippen LogP contribution is -2.00. The van der Waals surface area contributed by atoms with Crippen LogP contribution in [0.15, 0.2) is 139 Å². The molecule has 7 aromatic rings. The lowest BCUT2D eigenvalue weighted by Gasteiger charge is -2.12. The second-order valence-corrected chi connectivity index (χ2v) is 9.38. The van der Waals surface area contributed by atoms with E-state index >= 15 is 0 Å². The highest BCUT2D eigenvalue weighted by atomic mass is 16.3. The minimum atomic E-state index is 0.729. The van der Waals surface area contributed by atoms with E-state index in [2.05, 4.69) is 58.3 Å². The lowest BCUT2D eigenvalue weighted by atomic mass is 10.1. The van der Waals surface area contributed by atoms with Gasteiger partial charge in [0.05, 0.1) is 22.7 Å². The van der Waals surface area contributed by atoms with Gasteiger partial charge in [0.1, 0.15) is 5.58 Å². The number of allylic oxidation sites excluding steroid dienone is 4. The first kappa shape index (κ1) is 22.8. The molecule has 5 nitrogen and oxygen atoms in total. The molecule has 5 heteroatoms. The van der Waals surface area contributed by atoms with Crippen LogP contribution >= 0.6 is 0 Å². The summed E-state index contributed by atoms with van der Waals surface area (Å²) >= 11 is 0. The molecule has 0 bridgehead atoms.